The third-order valence-corrected chi connectivity index (χ3v) is 13.7. The fourth-order valence-electron chi connectivity index (χ4n) is 10.4. The first-order valence-electron chi connectivity index (χ1n) is 14.9. The third-order valence-electron chi connectivity index (χ3n) is 12.6. The maximum absolute atomic E-state index is 11.6. The summed E-state index contributed by atoms with van der Waals surface area (Å²) in [5.41, 5.74) is 1.01. The lowest BCUT2D eigenvalue weighted by molar-refractivity contribution is -0.141. The highest BCUT2D eigenvalue weighted by Gasteiger charge is 2.60. The lowest BCUT2D eigenvalue weighted by atomic mass is 9.44. The smallest absolute Gasteiger partial charge is 0.317 e. The monoisotopic (exact) mass is 536 g/mol. The molecule has 4 saturated carbocycles. The second-order valence-electron chi connectivity index (χ2n) is 14.1. The van der Waals surface area contributed by atoms with Crippen molar-refractivity contribution in [2.75, 3.05) is 0 Å². The van der Waals surface area contributed by atoms with Crippen molar-refractivity contribution < 1.29 is 9.90 Å². The average molecular weight is 538 g/mol. The Labute approximate surface area is 218 Å². The van der Waals surface area contributed by atoms with Gasteiger partial charge in [0.2, 0.25) is 0 Å². The molecule has 0 saturated heterocycles. The van der Waals surface area contributed by atoms with Gasteiger partial charge in [-0.3, -0.25) is 4.79 Å². The number of aliphatic carboxylic acids is 1. The summed E-state index contributed by atoms with van der Waals surface area (Å²) < 4.78 is 0. The van der Waals surface area contributed by atoms with Crippen LogP contribution < -0.4 is 0 Å². The predicted octanol–water partition coefficient (Wildman–Crippen LogP) is 9.21. The molecule has 1 N–H and O–H groups in total. The number of carbonyl (C=O) groups is 1. The number of rotatable bonds is 8. The minimum absolute atomic E-state index is 0.315. The highest BCUT2D eigenvalue weighted by molar-refractivity contribution is 9.10. The van der Waals surface area contributed by atoms with E-state index in [1.165, 1.54) is 64.2 Å². The fourth-order valence-corrected chi connectivity index (χ4v) is 10.9. The maximum Gasteiger partial charge on any atom is 0.317 e. The molecule has 0 radical (unpaired) electrons. The molecular weight excluding hydrogens is 484 g/mol. The number of hydrogen-bond donors (Lipinski definition) is 1. The van der Waals surface area contributed by atoms with Gasteiger partial charge in [0.1, 0.15) is 4.83 Å². The van der Waals surface area contributed by atoms with E-state index in [9.17, 15) is 9.90 Å². The minimum atomic E-state index is -0.666. The van der Waals surface area contributed by atoms with Crippen LogP contribution in [0.1, 0.15) is 119 Å². The summed E-state index contributed by atoms with van der Waals surface area (Å²) >= 11 is 3.51. The number of carboxylic acids is 1. The predicted molar refractivity (Wildman–Crippen MR) is 146 cm³/mol. The van der Waals surface area contributed by atoms with Crippen LogP contribution in [0.2, 0.25) is 0 Å². The van der Waals surface area contributed by atoms with E-state index in [1.807, 2.05) is 0 Å². The maximum atomic E-state index is 11.6. The van der Waals surface area contributed by atoms with Crippen LogP contribution >= 0.6 is 15.9 Å². The van der Waals surface area contributed by atoms with E-state index in [1.54, 1.807) is 0 Å². The largest absolute Gasteiger partial charge is 0.480 e. The quantitative estimate of drug-likeness (QED) is 0.313. The van der Waals surface area contributed by atoms with Crippen molar-refractivity contribution >= 4 is 21.9 Å². The normalized spacial score (nSPS) is 44.6. The standard InChI is InChI=1S/C31H53BrO2/c1-7-21(19(2)3)9-8-20(4)25-12-13-26-24-11-10-23-18-22(28(32)29(33)34)14-16-30(23,5)27(24)15-17-31(25,26)6/h19-28H,7-18H2,1-6H3,(H,33,34)/t20-,21-,22+,23+,24+,25-,26+,27+,28?,30+,31-/m1/s1. The second-order valence-corrected chi connectivity index (χ2v) is 15.1. The number of alkyl halides is 1. The molecule has 34 heavy (non-hydrogen) atoms. The van der Waals surface area contributed by atoms with Gasteiger partial charge in [-0.15, -0.1) is 0 Å². The van der Waals surface area contributed by atoms with Gasteiger partial charge in [0.25, 0.3) is 0 Å². The SMILES string of the molecule is CC[C@H](CC[C@@H](C)[C@H]1CC[C@H]2[C@@H]3CC[C@H]4C[C@@H](C(Br)C(=O)O)CC[C@]4(C)[C@H]3CC[C@]12C)C(C)C. The van der Waals surface area contributed by atoms with Crippen molar-refractivity contribution in [1.82, 2.24) is 0 Å². The van der Waals surface area contributed by atoms with Crippen molar-refractivity contribution in [2.24, 2.45) is 64.1 Å². The molecule has 3 heteroatoms. The van der Waals surface area contributed by atoms with Gasteiger partial charge in [0.15, 0.2) is 0 Å². The molecule has 0 aromatic heterocycles. The van der Waals surface area contributed by atoms with Gasteiger partial charge >= 0.3 is 5.97 Å². The summed E-state index contributed by atoms with van der Waals surface area (Å²) in [4.78, 5) is 11.2. The molecule has 0 bridgehead atoms. The van der Waals surface area contributed by atoms with Crippen LogP contribution in [0.25, 0.3) is 0 Å². The molecule has 2 nitrogen and oxygen atoms in total. The van der Waals surface area contributed by atoms with Gasteiger partial charge in [-0.25, -0.2) is 0 Å². The summed E-state index contributed by atoms with van der Waals surface area (Å²) in [6, 6.07) is 0. The van der Waals surface area contributed by atoms with Crippen molar-refractivity contribution in [2.45, 2.75) is 123 Å². The minimum Gasteiger partial charge on any atom is -0.480 e. The Hall–Kier alpha value is -0.0500. The molecule has 4 fully saturated rings. The summed E-state index contributed by atoms with van der Waals surface area (Å²) in [5.74, 6) is 6.63. The molecule has 0 aromatic carbocycles. The van der Waals surface area contributed by atoms with E-state index in [-0.39, 0.29) is 4.83 Å². The Morgan fingerprint density at radius 2 is 1.62 bits per heavy atom. The summed E-state index contributed by atoms with van der Waals surface area (Å²) in [7, 11) is 0. The highest BCUT2D eigenvalue weighted by Crippen LogP contribution is 2.69. The van der Waals surface area contributed by atoms with Gasteiger partial charge in [0.05, 0.1) is 0 Å². The van der Waals surface area contributed by atoms with Gasteiger partial charge in [-0.05, 0) is 128 Å². The molecule has 4 aliphatic carbocycles. The zero-order chi connectivity index (χ0) is 24.8. The van der Waals surface area contributed by atoms with Gasteiger partial charge in [-0.2, -0.15) is 0 Å². The Morgan fingerprint density at radius 3 is 2.26 bits per heavy atom. The van der Waals surface area contributed by atoms with Crippen molar-refractivity contribution in [3.63, 3.8) is 0 Å². The Bertz CT molecular complexity index is 720. The molecule has 4 aliphatic rings. The molecular formula is C31H53BrO2. The Kier molecular flexibility index (Phi) is 8.23. The molecule has 0 heterocycles. The van der Waals surface area contributed by atoms with Crippen molar-refractivity contribution in [1.29, 1.82) is 0 Å². The van der Waals surface area contributed by atoms with E-state index in [4.69, 9.17) is 0 Å². The first-order valence-corrected chi connectivity index (χ1v) is 15.8. The second kappa shape index (κ2) is 10.4. The molecule has 0 aromatic rings. The molecule has 196 valence electrons. The molecule has 0 aliphatic heterocycles. The van der Waals surface area contributed by atoms with E-state index in [2.05, 4.69) is 57.5 Å². The topological polar surface area (TPSA) is 37.3 Å². The lowest BCUT2D eigenvalue weighted by Crippen LogP contribution is -2.54. The summed E-state index contributed by atoms with van der Waals surface area (Å²) in [6.07, 6.45) is 16.2. The Balaban J connectivity index is 1.43. The highest BCUT2D eigenvalue weighted by atomic mass is 79.9. The van der Waals surface area contributed by atoms with Gasteiger partial charge in [0, 0.05) is 0 Å². The van der Waals surface area contributed by atoms with Crippen molar-refractivity contribution in [3.8, 4) is 0 Å². The number of carboxylic acid groups (broad SMARTS) is 1. The first kappa shape index (κ1) is 27.0. The molecule has 0 spiro atoms. The third kappa shape index (κ3) is 4.67. The van der Waals surface area contributed by atoms with E-state index < -0.39 is 5.97 Å². The lowest BCUT2D eigenvalue weighted by Gasteiger charge is -2.61. The van der Waals surface area contributed by atoms with Gasteiger partial charge < -0.3 is 5.11 Å². The van der Waals surface area contributed by atoms with Gasteiger partial charge in [-0.1, -0.05) is 70.3 Å². The van der Waals surface area contributed by atoms with E-state index in [0.717, 1.165) is 60.2 Å². The fraction of sp³-hybridized carbons (Fsp3) is 0.968. The van der Waals surface area contributed by atoms with Crippen molar-refractivity contribution in [3.05, 3.63) is 0 Å². The molecule has 0 amide bonds. The number of hydrogen-bond acceptors (Lipinski definition) is 1. The van der Waals surface area contributed by atoms with Crippen LogP contribution in [-0.4, -0.2) is 15.9 Å². The van der Waals surface area contributed by atoms with Crippen LogP contribution in [0, 0.1) is 64.1 Å². The molecule has 4 rings (SSSR count). The van der Waals surface area contributed by atoms with Crippen LogP contribution in [0.4, 0.5) is 0 Å². The van der Waals surface area contributed by atoms with Crippen LogP contribution in [-0.2, 0) is 4.79 Å². The number of halogens is 1. The zero-order valence-corrected chi connectivity index (χ0v) is 24.6. The van der Waals surface area contributed by atoms with E-state index in [0.29, 0.717) is 16.7 Å². The summed E-state index contributed by atoms with van der Waals surface area (Å²) in [5, 5.41) is 9.55. The number of fused-ring (bicyclic) bond motifs is 5. The van der Waals surface area contributed by atoms with Crippen LogP contribution in [0.5, 0.6) is 0 Å². The van der Waals surface area contributed by atoms with Crippen LogP contribution in [0.15, 0.2) is 0 Å². The molecule has 1 unspecified atom stereocenters. The summed E-state index contributed by atoms with van der Waals surface area (Å²) in [6.45, 7) is 15.1. The molecule has 11 atom stereocenters. The average Bonchev–Trinajstić information content (AvgIpc) is 3.15. The first-order chi connectivity index (χ1) is 16.0. The zero-order valence-electron chi connectivity index (χ0n) is 23.0. The van der Waals surface area contributed by atoms with E-state index >= 15 is 0 Å². The van der Waals surface area contributed by atoms with Crippen LogP contribution in [0.3, 0.4) is 0 Å². The Morgan fingerprint density at radius 1 is 0.941 bits per heavy atom.